The van der Waals surface area contributed by atoms with Gasteiger partial charge in [0.05, 0.1) is 16.8 Å². The Balaban J connectivity index is 1.69. The van der Waals surface area contributed by atoms with E-state index in [0.29, 0.717) is 10.6 Å². The van der Waals surface area contributed by atoms with E-state index in [1.807, 2.05) is 24.3 Å². The van der Waals surface area contributed by atoms with Crippen LogP contribution >= 0.6 is 11.6 Å². The van der Waals surface area contributed by atoms with E-state index < -0.39 is 10.0 Å². The molecule has 0 spiro atoms. The standard InChI is InChI=1S/C17H18ClN3O3S/c1-20-15-4-2-3-5-16(15)21(17(20)22)11-10-19-25(23,24)12-13-6-8-14(18)9-7-13/h2-9,19H,10-12H2,1H3. The molecule has 0 aliphatic heterocycles. The van der Waals surface area contributed by atoms with E-state index in [9.17, 15) is 13.2 Å². The molecule has 3 rings (SSSR count). The number of aryl methyl sites for hydroxylation is 1. The van der Waals surface area contributed by atoms with Crippen molar-refractivity contribution in [3.05, 3.63) is 69.6 Å². The van der Waals surface area contributed by atoms with Crippen molar-refractivity contribution in [2.75, 3.05) is 6.54 Å². The summed E-state index contributed by atoms with van der Waals surface area (Å²) in [4.78, 5) is 12.3. The Bertz CT molecular complexity index is 1050. The van der Waals surface area contributed by atoms with Crippen molar-refractivity contribution in [1.82, 2.24) is 13.9 Å². The molecule has 0 saturated heterocycles. The predicted octanol–water partition coefficient (Wildman–Crippen LogP) is 2.11. The van der Waals surface area contributed by atoms with Crippen molar-refractivity contribution < 1.29 is 8.42 Å². The van der Waals surface area contributed by atoms with Crippen LogP contribution in [-0.4, -0.2) is 24.1 Å². The van der Waals surface area contributed by atoms with Crippen molar-refractivity contribution in [2.24, 2.45) is 7.05 Å². The number of hydrogen-bond donors (Lipinski definition) is 1. The molecule has 1 heterocycles. The van der Waals surface area contributed by atoms with Crippen LogP contribution in [0, 0.1) is 0 Å². The van der Waals surface area contributed by atoms with E-state index in [2.05, 4.69) is 4.72 Å². The van der Waals surface area contributed by atoms with Crippen LogP contribution in [0.15, 0.2) is 53.3 Å². The monoisotopic (exact) mass is 379 g/mol. The summed E-state index contributed by atoms with van der Waals surface area (Å²) in [6.07, 6.45) is 0. The summed E-state index contributed by atoms with van der Waals surface area (Å²) < 4.78 is 30.0. The molecular weight excluding hydrogens is 362 g/mol. The van der Waals surface area contributed by atoms with Crippen molar-refractivity contribution in [1.29, 1.82) is 0 Å². The molecule has 0 fully saturated rings. The molecule has 0 bridgehead atoms. The second-order valence-electron chi connectivity index (χ2n) is 5.76. The van der Waals surface area contributed by atoms with Gasteiger partial charge in [0.2, 0.25) is 10.0 Å². The molecule has 25 heavy (non-hydrogen) atoms. The van der Waals surface area contributed by atoms with Gasteiger partial charge in [0.15, 0.2) is 0 Å². The first-order valence-electron chi connectivity index (χ1n) is 7.73. The maximum atomic E-state index is 12.3. The van der Waals surface area contributed by atoms with Gasteiger partial charge in [-0.1, -0.05) is 35.9 Å². The van der Waals surface area contributed by atoms with Gasteiger partial charge in [0, 0.05) is 25.2 Å². The van der Waals surface area contributed by atoms with E-state index in [0.717, 1.165) is 11.0 Å². The topological polar surface area (TPSA) is 73.1 Å². The molecule has 2 aromatic carbocycles. The summed E-state index contributed by atoms with van der Waals surface area (Å²) in [5.74, 6) is -0.130. The predicted molar refractivity (Wildman–Crippen MR) is 99.3 cm³/mol. The SMILES string of the molecule is Cn1c(=O)n(CCNS(=O)(=O)Cc2ccc(Cl)cc2)c2ccccc21. The molecule has 3 aromatic rings. The normalized spacial score (nSPS) is 11.9. The van der Waals surface area contributed by atoms with Gasteiger partial charge in [-0.2, -0.15) is 0 Å². The Hall–Kier alpha value is -2.09. The van der Waals surface area contributed by atoms with Gasteiger partial charge < -0.3 is 0 Å². The Morgan fingerprint density at radius 1 is 1.04 bits per heavy atom. The number of hydrogen-bond acceptors (Lipinski definition) is 3. The third kappa shape index (κ3) is 3.95. The minimum atomic E-state index is -3.49. The highest BCUT2D eigenvalue weighted by Crippen LogP contribution is 2.12. The summed E-state index contributed by atoms with van der Waals surface area (Å²) in [5.41, 5.74) is 2.08. The van der Waals surface area contributed by atoms with Crippen molar-refractivity contribution >= 4 is 32.7 Å². The average molecular weight is 380 g/mol. The van der Waals surface area contributed by atoms with Gasteiger partial charge in [0.25, 0.3) is 0 Å². The third-order valence-electron chi connectivity index (χ3n) is 3.98. The molecule has 6 nitrogen and oxygen atoms in total. The maximum Gasteiger partial charge on any atom is 0.328 e. The van der Waals surface area contributed by atoms with Gasteiger partial charge >= 0.3 is 5.69 Å². The Kier molecular flexibility index (Phi) is 4.99. The Morgan fingerprint density at radius 3 is 2.36 bits per heavy atom. The van der Waals surface area contributed by atoms with Crippen LogP contribution in [0.25, 0.3) is 11.0 Å². The summed E-state index contributed by atoms with van der Waals surface area (Å²) in [7, 11) is -1.79. The van der Waals surface area contributed by atoms with Crippen LogP contribution in [0.5, 0.6) is 0 Å². The molecule has 132 valence electrons. The van der Waals surface area contributed by atoms with E-state index in [4.69, 9.17) is 11.6 Å². The van der Waals surface area contributed by atoms with E-state index in [-0.39, 0.29) is 24.5 Å². The summed E-state index contributed by atoms with van der Waals surface area (Å²) in [6, 6.07) is 14.1. The Morgan fingerprint density at radius 2 is 1.68 bits per heavy atom. The maximum absolute atomic E-state index is 12.3. The molecular formula is C17H18ClN3O3S. The second kappa shape index (κ2) is 7.03. The zero-order valence-electron chi connectivity index (χ0n) is 13.6. The lowest BCUT2D eigenvalue weighted by Gasteiger charge is -2.08. The van der Waals surface area contributed by atoms with Crippen molar-refractivity contribution in [3.63, 3.8) is 0 Å². The zero-order chi connectivity index (χ0) is 18.0. The highest BCUT2D eigenvalue weighted by Gasteiger charge is 2.13. The lowest BCUT2D eigenvalue weighted by Crippen LogP contribution is -2.32. The molecule has 0 saturated carbocycles. The number of benzene rings is 2. The van der Waals surface area contributed by atoms with Gasteiger partial charge in [-0.3, -0.25) is 9.13 Å². The van der Waals surface area contributed by atoms with Crippen molar-refractivity contribution in [3.8, 4) is 0 Å². The molecule has 8 heteroatoms. The zero-order valence-corrected chi connectivity index (χ0v) is 15.2. The number of rotatable bonds is 6. The van der Waals surface area contributed by atoms with Gasteiger partial charge in [-0.15, -0.1) is 0 Å². The number of nitrogens with zero attached hydrogens (tertiary/aromatic N) is 2. The molecule has 0 aliphatic rings. The smallest absolute Gasteiger partial charge is 0.295 e. The molecule has 1 N–H and O–H groups in total. The first-order valence-corrected chi connectivity index (χ1v) is 9.76. The fraction of sp³-hybridized carbons (Fsp3) is 0.235. The molecule has 0 unspecified atom stereocenters. The van der Waals surface area contributed by atoms with Gasteiger partial charge in [-0.25, -0.2) is 17.9 Å². The number of fused-ring (bicyclic) bond motifs is 1. The second-order valence-corrected chi connectivity index (χ2v) is 8.01. The molecule has 0 amide bonds. The molecule has 0 atom stereocenters. The summed E-state index contributed by atoms with van der Waals surface area (Å²) in [5, 5.41) is 0.560. The number of sulfonamides is 1. The van der Waals surface area contributed by atoms with Crippen LogP contribution in [-0.2, 0) is 29.4 Å². The first kappa shape index (κ1) is 17.7. The van der Waals surface area contributed by atoms with Crippen LogP contribution in [0.2, 0.25) is 5.02 Å². The molecule has 1 aromatic heterocycles. The fourth-order valence-electron chi connectivity index (χ4n) is 2.74. The minimum Gasteiger partial charge on any atom is -0.295 e. The minimum absolute atomic E-state index is 0.130. The summed E-state index contributed by atoms with van der Waals surface area (Å²) >= 11 is 5.80. The molecule has 0 radical (unpaired) electrons. The Labute approximate surface area is 150 Å². The van der Waals surface area contributed by atoms with E-state index in [1.54, 1.807) is 40.4 Å². The third-order valence-corrected chi connectivity index (χ3v) is 5.59. The summed E-state index contributed by atoms with van der Waals surface area (Å²) in [6.45, 7) is 0.407. The number of imidazole rings is 1. The van der Waals surface area contributed by atoms with Crippen LogP contribution in [0.1, 0.15) is 5.56 Å². The van der Waals surface area contributed by atoms with Crippen LogP contribution < -0.4 is 10.4 Å². The van der Waals surface area contributed by atoms with Crippen molar-refractivity contribution in [2.45, 2.75) is 12.3 Å². The fourth-order valence-corrected chi connectivity index (χ4v) is 4.00. The van der Waals surface area contributed by atoms with Crippen LogP contribution in [0.4, 0.5) is 0 Å². The number of halogens is 1. The largest absolute Gasteiger partial charge is 0.328 e. The first-order chi connectivity index (χ1) is 11.9. The van der Waals surface area contributed by atoms with E-state index >= 15 is 0 Å². The van der Waals surface area contributed by atoms with Gasteiger partial charge in [0.1, 0.15) is 0 Å². The number of nitrogens with one attached hydrogen (secondary N) is 1. The highest BCUT2D eigenvalue weighted by molar-refractivity contribution is 7.88. The number of para-hydroxylation sites is 2. The number of aromatic nitrogens is 2. The lowest BCUT2D eigenvalue weighted by atomic mass is 10.2. The highest BCUT2D eigenvalue weighted by atomic mass is 35.5. The van der Waals surface area contributed by atoms with Crippen LogP contribution in [0.3, 0.4) is 0 Å². The molecule has 0 aliphatic carbocycles. The average Bonchev–Trinajstić information content (AvgIpc) is 2.82. The van der Waals surface area contributed by atoms with E-state index in [1.165, 1.54) is 0 Å². The lowest BCUT2D eigenvalue weighted by molar-refractivity contribution is 0.570. The van der Waals surface area contributed by atoms with Gasteiger partial charge in [-0.05, 0) is 29.8 Å². The quantitative estimate of drug-likeness (QED) is 0.713.